The van der Waals surface area contributed by atoms with Gasteiger partial charge in [-0.25, -0.2) is 0 Å². The summed E-state index contributed by atoms with van der Waals surface area (Å²) in [5.41, 5.74) is 2.01. The third-order valence-corrected chi connectivity index (χ3v) is 3.41. The minimum Gasteiger partial charge on any atom is -0.313 e. The van der Waals surface area contributed by atoms with Crippen LogP contribution >= 0.6 is 0 Å². The first-order valence-corrected chi connectivity index (χ1v) is 6.02. The molecule has 0 bridgehead atoms. The topological polar surface area (TPSA) is 62.0 Å². The zero-order valence-electron chi connectivity index (χ0n) is 10.2. The zero-order valence-corrected chi connectivity index (χ0v) is 10.2. The molecular weight excluding hydrogens is 232 g/mol. The number of fused-ring (bicyclic) bond motifs is 3. The van der Waals surface area contributed by atoms with Gasteiger partial charge in [0.1, 0.15) is 0 Å². The number of hydrogen-bond acceptors (Lipinski definition) is 5. The Morgan fingerprint density at radius 1 is 1.33 bits per heavy atom. The molecule has 0 spiro atoms. The standard InChI is InChI=1S/C12H14N4O2/c1-14-11-8-9(16(17)18)4-5-10(11)15-7-3-2-6-13-12(14)15/h4-5,8H,2-3,6-7H2,1H3. The minimum absolute atomic E-state index is 0.124. The van der Waals surface area contributed by atoms with E-state index in [0.29, 0.717) is 0 Å². The number of rotatable bonds is 1. The summed E-state index contributed by atoms with van der Waals surface area (Å²) >= 11 is 0. The van der Waals surface area contributed by atoms with Crippen LogP contribution in [0.4, 0.5) is 17.1 Å². The number of guanidine groups is 1. The van der Waals surface area contributed by atoms with Crippen LogP contribution in [0.3, 0.4) is 0 Å². The fraction of sp³-hybridized carbons (Fsp3) is 0.417. The van der Waals surface area contributed by atoms with E-state index < -0.39 is 0 Å². The number of nitrogens with zero attached hydrogens (tertiary/aromatic N) is 4. The SMILES string of the molecule is CN1C2=NCCCCN2c2ccc([N+](=O)[O-])cc21. The van der Waals surface area contributed by atoms with Gasteiger partial charge in [0.05, 0.1) is 16.3 Å². The highest BCUT2D eigenvalue weighted by Gasteiger charge is 2.32. The van der Waals surface area contributed by atoms with Crippen molar-refractivity contribution in [3.63, 3.8) is 0 Å². The molecule has 1 aromatic rings. The molecule has 94 valence electrons. The fourth-order valence-electron chi connectivity index (χ4n) is 2.49. The van der Waals surface area contributed by atoms with Crippen LogP contribution in [0, 0.1) is 10.1 Å². The van der Waals surface area contributed by atoms with Gasteiger partial charge in [0.15, 0.2) is 0 Å². The second-order valence-corrected chi connectivity index (χ2v) is 4.53. The highest BCUT2D eigenvalue weighted by atomic mass is 16.6. The molecule has 0 aromatic heterocycles. The van der Waals surface area contributed by atoms with Gasteiger partial charge in [-0.15, -0.1) is 0 Å². The van der Waals surface area contributed by atoms with Gasteiger partial charge in [-0.3, -0.25) is 15.1 Å². The molecule has 0 fully saturated rings. The Morgan fingerprint density at radius 2 is 2.17 bits per heavy atom. The van der Waals surface area contributed by atoms with Crippen molar-refractivity contribution in [3.05, 3.63) is 28.3 Å². The first-order chi connectivity index (χ1) is 8.68. The Kier molecular flexibility index (Phi) is 2.43. The van der Waals surface area contributed by atoms with Gasteiger partial charge < -0.3 is 9.80 Å². The van der Waals surface area contributed by atoms with Gasteiger partial charge in [-0.2, -0.15) is 0 Å². The van der Waals surface area contributed by atoms with Crippen LogP contribution in [0.15, 0.2) is 23.2 Å². The summed E-state index contributed by atoms with van der Waals surface area (Å²) in [6, 6.07) is 4.99. The quantitative estimate of drug-likeness (QED) is 0.561. The number of non-ortho nitro benzene ring substituents is 1. The van der Waals surface area contributed by atoms with E-state index in [1.807, 2.05) is 18.0 Å². The van der Waals surface area contributed by atoms with E-state index in [0.717, 1.165) is 43.3 Å². The third-order valence-electron chi connectivity index (χ3n) is 3.41. The number of anilines is 2. The molecule has 6 heteroatoms. The van der Waals surface area contributed by atoms with Gasteiger partial charge in [0.25, 0.3) is 5.69 Å². The van der Waals surface area contributed by atoms with Gasteiger partial charge in [-0.05, 0) is 18.9 Å². The molecule has 1 aromatic carbocycles. The fourth-order valence-corrected chi connectivity index (χ4v) is 2.49. The third kappa shape index (κ3) is 1.53. The molecule has 0 amide bonds. The second kappa shape index (κ2) is 3.97. The minimum atomic E-state index is -0.362. The summed E-state index contributed by atoms with van der Waals surface area (Å²) in [6.45, 7) is 1.75. The molecule has 0 unspecified atom stereocenters. The van der Waals surface area contributed by atoms with E-state index in [1.165, 1.54) is 0 Å². The van der Waals surface area contributed by atoms with E-state index in [-0.39, 0.29) is 10.6 Å². The molecule has 18 heavy (non-hydrogen) atoms. The smallest absolute Gasteiger partial charge is 0.271 e. The lowest BCUT2D eigenvalue weighted by molar-refractivity contribution is -0.384. The average Bonchev–Trinajstić information content (AvgIpc) is 2.57. The summed E-state index contributed by atoms with van der Waals surface area (Å²) in [6.07, 6.45) is 2.19. The summed E-state index contributed by atoms with van der Waals surface area (Å²) in [7, 11) is 1.91. The average molecular weight is 246 g/mol. The molecule has 0 saturated heterocycles. The molecule has 0 atom stereocenters. The largest absolute Gasteiger partial charge is 0.313 e. The van der Waals surface area contributed by atoms with E-state index in [4.69, 9.17) is 0 Å². The van der Waals surface area contributed by atoms with Gasteiger partial charge in [0.2, 0.25) is 5.96 Å². The van der Waals surface area contributed by atoms with Crippen LogP contribution in [-0.2, 0) is 0 Å². The van der Waals surface area contributed by atoms with Crippen molar-refractivity contribution in [3.8, 4) is 0 Å². The molecule has 2 aliphatic rings. The number of benzene rings is 1. The van der Waals surface area contributed by atoms with Crippen molar-refractivity contribution in [2.45, 2.75) is 12.8 Å². The maximum atomic E-state index is 10.8. The van der Waals surface area contributed by atoms with Gasteiger partial charge in [0, 0.05) is 32.3 Å². The van der Waals surface area contributed by atoms with Crippen molar-refractivity contribution in [2.75, 3.05) is 29.9 Å². The van der Waals surface area contributed by atoms with Crippen molar-refractivity contribution in [1.29, 1.82) is 0 Å². The lowest BCUT2D eigenvalue weighted by atomic mass is 10.2. The Hall–Kier alpha value is -2.11. The molecule has 0 saturated carbocycles. The first-order valence-electron chi connectivity index (χ1n) is 6.02. The van der Waals surface area contributed by atoms with E-state index >= 15 is 0 Å². The van der Waals surface area contributed by atoms with E-state index in [9.17, 15) is 10.1 Å². The molecule has 3 rings (SSSR count). The number of aliphatic imine (C=N–C) groups is 1. The number of nitro benzene ring substituents is 1. The summed E-state index contributed by atoms with van der Waals surface area (Å²) < 4.78 is 0. The van der Waals surface area contributed by atoms with Crippen LogP contribution in [0.1, 0.15) is 12.8 Å². The highest BCUT2D eigenvalue weighted by Crippen LogP contribution is 2.39. The second-order valence-electron chi connectivity index (χ2n) is 4.53. The molecule has 2 heterocycles. The summed E-state index contributed by atoms with van der Waals surface area (Å²) in [5.74, 6) is 0.906. The van der Waals surface area contributed by atoms with Gasteiger partial charge >= 0.3 is 0 Å². The lowest BCUT2D eigenvalue weighted by Crippen LogP contribution is -2.36. The van der Waals surface area contributed by atoms with Crippen LogP contribution in [-0.4, -0.2) is 31.0 Å². The maximum Gasteiger partial charge on any atom is 0.271 e. The number of nitro groups is 1. The van der Waals surface area contributed by atoms with Crippen molar-refractivity contribution in [2.24, 2.45) is 4.99 Å². The summed E-state index contributed by atoms with van der Waals surface area (Å²) in [5, 5.41) is 10.8. The Morgan fingerprint density at radius 3 is 2.94 bits per heavy atom. The maximum absolute atomic E-state index is 10.8. The molecule has 2 aliphatic heterocycles. The Labute approximate surface area is 105 Å². The van der Waals surface area contributed by atoms with Crippen LogP contribution in [0.25, 0.3) is 0 Å². The Balaban J connectivity index is 2.09. The van der Waals surface area contributed by atoms with E-state index in [1.54, 1.807) is 12.1 Å². The predicted octanol–water partition coefficient (Wildman–Crippen LogP) is 2.00. The molecular formula is C12H14N4O2. The lowest BCUT2D eigenvalue weighted by Gasteiger charge is -2.18. The predicted molar refractivity (Wildman–Crippen MR) is 70.4 cm³/mol. The van der Waals surface area contributed by atoms with Crippen LogP contribution in [0.2, 0.25) is 0 Å². The molecule has 0 N–H and O–H groups in total. The van der Waals surface area contributed by atoms with Crippen molar-refractivity contribution in [1.82, 2.24) is 0 Å². The zero-order chi connectivity index (χ0) is 12.7. The molecule has 6 nitrogen and oxygen atoms in total. The van der Waals surface area contributed by atoms with E-state index in [2.05, 4.69) is 9.89 Å². The highest BCUT2D eigenvalue weighted by molar-refractivity contribution is 6.16. The normalized spacial score (nSPS) is 17.9. The number of hydrogen-bond donors (Lipinski definition) is 0. The molecule has 0 radical (unpaired) electrons. The Bertz CT molecular complexity index is 541. The first kappa shape index (κ1) is 11.0. The monoisotopic (exact) mass is 246 g/mol. The van der Waals surface area contributed by atoms with Gasteiger partial charge in [-0.1, -0.05) is 0 Å². The van der Waals surface area contributed by atoms with Crippen molar-refractivity contribution < 1.29 is 4.92 Å². The summed E-state index contributed by atoms with van der Waals surface area (Å²) in [4.78, 5) is 19.1. The van der Waals surface area contributed by atoms with Crippen LogP contribution < -0.4 is 9.80 Å². The van der Waals surface area contributed by atoms with Crippen molar-refractivity contribution >= 4 is 23.0 Å². The molecule has 0 aliphatic carbocycles. The van der Waals surface area contributed by atoms with Crippen LogP contribution in [0.5, 0.6) is 0 Å².